The van der Waals surface area contributed by atoms with Gasteiger partial charge in [0.1, 0.15) is 0 Å². The minimum Gasteiger partial charge on any atom is -0.288 e. The van der Waals surface area contributed by atoms with Gasteiger partial charge in [-0.15, -0.1) is 0 Å². The fraction of sp³-hybridized carbons (Fsp3) is 0.909. The van der Waals surface area contributed by atoms with Gasteiger partial charge in [0.25, 0.3) is 0 Å². The molecule has 0 saturated heterocycles. The van der Waals surface area contributed by atoms with E-state index in [1.54, 1.807) is 18.7 Å². The predicted molar refractivity (Wildman–Crippen MR) is 67.0 cm³/mol. The lowest BCUT2D eigenvalue weighted by Crippen LogP contribution is -2.21. The van der Waals surface area contributed by atoms with Crippen LogP contribution in [0.25, 0.3) is 0 Å². The normalized spacial score (nSPS) is 28.0. The summed E-state index contributed by atoms with van der Waals surface area (Å²) in [5.74, 6) is 0. The molecule has 1 rings (SSSR count). The van der Waals surface area contributed by atoms with E-state index in [-0.39, 0.29) is 5.12 Å². The summed E-state index contributed by atoms with van der Waals surface area (Å²) in [5.41, 5.74) is 0. The van der Waals surface area contributed by atoms with Gasteiger partial charge in [-0.1, -0.05) is 39.0 Å². The zero-order valence-electron chi connectivity index (χ0n) is 9.50. The van der Waals surface area contributed by atoms with Crippen LogP contribution in [0.15, 0.2) is 0 Å². The highest BCUT2D eigenvalue weighted by atomic mass is 32.2. The highest BCUT2D eigenvalue weighted by Crippen LogP contribution is 2.42. The molecule has 0 aromatic heterocycles. The van der Waals surface area contributed by atoms with E-state index in [1.807, 2.05) is 11.8 Å². The van der Waals surface area contributed by atoms with Crippen molar-refractivity contribution < 1.29 is 4.79 Å². The van der Waals surface area contributed by atoms with Gasteiger partial charge in [-0.25, -0.2) is 0 Å². The van der Waals surface area contributed by atoms with E-state index in [0.717, 1.165) is 0 Å². The van der Waals surface area contributed by atoms with Gasteiger partial charge in [-0.05, 0) is 12.8 Å². The molecule has 2 atom stereocenters. The Morgan fingerprint density at radius 2 is 1.79 bits per heavy atom. The highest BCUT2D eigenvalue weighted by Gasteiger charge is 2.32. The molecule has 1 aliphatic rings. The molecular formula is C11H20OS2. The average Bonchev–Trinajstić information content (AvgIpc) is 2.32. The van der Waals surface area contributed by atoms with Crippen molar-refractivity contribution in [1.82, 2.24) is 0 Å². The Morgan fingerprint density at radius 1 is 1.21 bits per heavy atom. The maximum absolute atomic E-state index is 11.1. The van der Waals surface area contributed by atoms with Crippen molar-refractivity contribution in [2.75, 3.05) is 0 Å². The SMILES string of the molecule is CC(=O)S[C@@H]1CCC[C@H]1SC(C)(C)C. The molecule has 0 aromatic rings. The summed E-state index contributed by atoms with van der Waals surface area (Å²) in [6.07, 6.45) is 3.80. The zero-order valence-corrected chi connectivity index (χ0v) is 11.1. The first-order valence-electron chi connectivity index (χ1n) is 5.23. The largest absolute Gasteiger partial charge is 0.288 e. The molecule has 0 bridgehead atoms. The molecule has 3 heteroatoms. The highest BCUT2D eigenvalue weighted by molar-refractivity contribution is 8.15. The molecule has 0 aliphatic heterocycles. The van der Waals surface area contributed by atoms with Crippen LogP contribution in [0.2, 0.25) is 0 Å². The maximum atomic E-state index is 11.1. The topological polar surface area (TPSA) is 17.1 Å². The molecule has 1 aliphatic carbocycles. The molecule has 0 N–H and O–H groups in total. The molecular weight excluding hydrogens is 212 g/mol. The van der Waals surface area contributed by atoms with Gasteiger partial charge in [-0.2, -0.15) is 11.8 Å². The van der Waals surface area contributed by atoms with Gasteiger partial charge in [0.15, 0.2) is 5.12 Å². The Balaban J connectivity index is 2.47. The first-order valence-corrected chi connectivity index (χ1v) is 6.99. The summed E-state index contributed by atoms with van der Waals surface area (Å²) < 4.78 is 0.324. The monoisotopic (exact) mass is 232 g/mol. The van der Waals surface area contributed by atoms with Crippen LogP contribution in [0.1, 0.15) is 47.0 Å². The zero-order chi connectivity index (χ0) is 10.8. The second kappa shape index (κ2) is 4.93. The van der Waals surface area contributed by atoms with Crippen molar-refractivity contribution in [3.63, 3.8) is 0 Å². The molecule has 1 nitrogen and oxygen atoms in total. The molecule has 14 heavy (non-hydrogen) atoms. The molecule has 0 amide bonds. The smallest absolute Gasteiger partial charge is 0.186 e. The summed E-state index contributed by atoms with van der Waals surface area (Å²) in [7, 11) is 0. The van der Waals surface area contributed by atoms with Crippen molar-refractivity contribution >= 4 is 28.6 Å². The third-order valence-corrected chi connectivity index (χ3v) is 5.16. The van der Waals surface area contributed by atoms with E-state index in [1.165, 1.54) is 19.3 Å². The minimum atomic E-state index is 0.274. The lowest BCUT2D eigenvalue weighted by atomic mass is 10.3. The quantitative estimate of drug-likeness (QED) is 0.722. The number of hydrogen-bond donors (Lipinski definition) is 0. The third-order valence-electron chi connectivity index (χ3n) is 2.21. The Bertz CT molecular complexity index is 208. The van der Waals surface area contributed by atoms with E-state index >= 15 is 0 Å². The lowest BCUT2D eigenvalue weighted by Gasteiger charge is -2.26. The van der Waals surface area contributed by atoms with E-state index in [0.29, 0.717) is 15.2 Å². The maximum Gasteiger partial charge on any atom is 0.186 e. The van der Waals surface area contributed by atoms with Crippen LogP contribution in [0.5, 0.6) is 0 Å². The molecule has 0 heterocycles. The minimum absolute atomic E-state index is 0.274. The number of carbonyl (C=O) groups is 1. The van der Waals surface area contributed by atoms with Crippen molar-refractivity contribution in [1.29, 1.82) is 0 Å². The Morgan fingerprint density at radius 3 is 2.29 bits per heavy atom. The Labute approximate surface area is 95.8 Å². The van der Waals surface area contributed by atoms with Crippen LogP contribution < -0.4 is 0 Å². The Hall–Kier alpha value is 0.370. The second-order valence-electron chi connectivity index (χ2n) is 4.85. The fourth-order valence-corrected chi connectivity index (χ4v) is 4.64. The predicted octanol–water partition coefficient (Wildman–Crippen LogP) is 3.72. The second-order valence-corrected chi connectivity index (χ2v) is 8.33. The van der Waals surface area contributed by atoms with Gasteiger partial charge in [0.05, 0.1) is 0 Å². The van der Waals surface area contributed by atoms with Crippen molar-refractivity contribution in [2.24, 2.45) is 0 Å². The summed E-state index contributed by atoms with van der Waals surface area (Å²) in [6, 6.07) is 0. The van der Waals surface area contributed by atoms with Crippen LogP contribution >= 0.6 is 23.5 Å². The molecule has 1 saturated carbocycles. The third kappa shape index (κ3) is 4.26. The van der Waals surface area contributed by atoms with E-state index < -0.39 is 0 Å². The molecule has 0 aromatic carbocycles. The summed E-state index contributed by atoms with van der Waals surface area (Å²) >= 11 is 3.59. The summed E-state index contributed by atoms with van der Waals surface area (Å²) in [4.78, 5) is 11.1. The number of carbonyl (C=O) groups excluding carboxylic acids is 1. The number of hydrogen-bond acceptors (Lipinski definition) is 3. The van der Waals surface area contributed by atoms with Gasteiger partial charge in [0.2, 0.25) is 0 Å². The van der Waals surface area contributed by atoms with Crippen LogP contribution in [0.4, 0.5) is 0 Å². The van der Waals surface area contributed by atoms with Crippen molar-refractivity contribution in [3.8, 4) is 0 Å². The van der Waals surface area contributed by atoms with Gasteiger partial charge in [-0.3, -0.25) is 4.79 Å². The van der Waals surface area contributed by atoms with Crippen molar-refractivity contribution in [2.45, 2.75) is 62.2 Å². The molecule has 1 fully saturated rings. The van der Waals surface area contributed by atoms with Crippen LogP contribution in [0, 0.1) is 0 Å². The van der Waals surface area contributed by atoms with Crippen LogP contribution in [0.3, 0.4) is 0 Å². The van der Waals surface area contributed by atoms with E-state index in [2.05, 4.69) is 20.8 Å². The van der Waals surface area contributed by atoms with Gasteiger partial charge >= 0.3 is 0 Å². The van der Waals surface area contributed by atoms with E-state index in [9.17, 15) is 4.79 Å². The van der Waals surface area contributed by atoms with Crippen LogP contribution in [-0.2, 0) is 4.79 Å². The lowest BCUT2D eigenvalue weighted by molar-refractivity contribution is -0.109. The van der Waals surface area contributed by atoms with Crippen LogP contribution in [-0.4, -0.2) is 20.4 Å². The molecule has 0 spiro atoms. The molecule has 0 unspecified atom stereocenters. The number of thioether (sulfide) groups is 2. The van der Waals surface area contributed by atoms with Gasteiger partial charge in [0, 0.05) is 22.2 Å². The standard InChI is InChI=1S/C11H20OS2/c1-8(12)13-9-6-5-7-10(9)14-11(2,3)4/h9-10H,5-7H2,1-4H3/t9-,10-/m1/s1. The summed E-state index contributed by atoms with van der Waals surface area (Å²) in [6.45, 7) is 8.45. The first-order chi connectivity index (χ1) is 6.38. The number of rotatable bonds is 2. The molecule has 0 radical (unpaired) electrons. The molecule has 82 valence electrons. The first kappa shape index (κ1) is 12.4. The average molecular weight is 232 g/mol. The fourth-order valence-electron chi connectivity index (χ4n) is 1.83. The summed E-state index contributed by atoms with van der Waals surface area (Å²) in [5, 5.41) is 1.53. The van der Waals surface area contributed by atoms with E-state index in [4.69, 9.17) is 0 Å². The van der Waals surface area contributed by atoms with Crippen molar-refractivity contribution in [3.05, 3.63) is 0 Å². The van der Waals surface area contributed by atoms with Gasteiger partial charge < -0.3 is 0 Å². The Kier molecular flexibility index (Phi) is 4.38.